The second-order valence-corrected chi connectivity index (χ2v) is 6.88. The van der Waals surface area contributed by atoms with Crippen LogP contribution in [0.2, 0.25) is 0 Å². The van der Waals surface area contributed by atoms with Crippen molar-refractivity contribution in [1.29, 1.82) is 0 Å². The Labute approximate surface area is 123 Å². The zero-order chi connectivity index (χ0) is 14.9. The van der Waals surface area contributed by atoms with Gasteiger partial charge in [0.05, 0.1) is 0 Å². The fraction of sp³-hybridized carbons (Fsp3) is 0.267. The van der Waals surface area contributed by atoms with Gasteiger partial charge in [-0.15, -0.1) is 0 Å². The number of aryl methyl sites for hydroxylation is 1. The maximum absolute atomic E-state index is 12.3. The molecule has 110 valence electrons. The molecule has 1 aromatic heterocycles. The molecule has 0 spiro atoms. The summed E-state index contributed by atoms with van der Waals surface area (Å²) >= 11 is 0. The van der Waals surface area contributed by atoms with Gasteiger partial charge in [-0.25, -0.2) is 13.1 Å². The van der Waals surface area contributed by atoms with Gasteiger partial charge in [-0.05, 0) is 30.4 Å². The summed E-state index contributed by atoms with van der Waals surface area (Å²) in [6.45, 7) is 0. The highest BCUT2D eigenvalue weighted by Gasteiger charge is 2.25. The highest BCUT2D eigenvalue weighted by Crippen LogP contribution is 2.21. The van der Waals surface area contributed by atoms with Crippen molar-refractivity contribution in [2.75, 3.05) is 0 Å². The van der Waals surface area contributed by atoms with Crippen LogP contribution in [0.4, 0.5) is 0 Å². The molecule has 1 aliphatic rings. The first-order valence-electron chi connectivity index (χ1n) is 6.82. The summed E-state index contributed by atoms with van der Waals surface area (Å²) in [5, 5.41) is 0. The molecular weight excluding hydrogens is 288 g/mol. The Bertz CT molecular complexity index is 811. The Morgan fingerprint density at radius 1 is 1.14 bits per heavy atom. The number of aromatic amines is 1. The van der Waals surface area contributed by atoms with E-state index in [2.05, 4.69) is 15.8 Å². The van der Waals surface area contributed by atoms with Crippen molar-refractivity contribution in [2.24, 2.45) is 0 Å². The third-order valence-corrected chi connectivity index (χ3v) is 5.29. The van der Waals surface area contributed by atoms with E-state index in [-0.39, 0.29) is 10.9 Å². The lowest BCUT2D eigenvalue weighted by atomic mass is 9.89. The molecule has 0 aliphatic heterocycles. The minimum absolute atomic E-state index is 0.176. The monoisotopic (exact) mass is 304 g/mol. The van der Waals surface area contributed by atoms with Crippen molar-refractivity contribution in [1.82, 2.24) is 9.71 Å². The molecule has 1 atom stereocenters. The first-order valence-corrected chi connectivity index (χ1v) is 8.31. The van der Waals surface area contributed by atoms with E-state index in [9.17, 15) is 13.2 Å². The van der Waals surface area contributed by atoms with Crippen LogP contribution in [-0.4, -0.2) is 19.4 Å². The summed E-state index contributed by atoms with van der Waals surface area (Å²) < 4.78 is 27.2. The maximum Gasteiger partial charge on any atom is 0.246 e. The van der Waals surface area contributed by atoms with Gasteiger partial charge in [0.15, 0.2) is 0 Å². The predicted molar refractivity (Wildman–Crippen MR) is 79.6 cm³/mol. The van der Waals surface area contributed by atoms with Gasteiger partial charge in [0.1, 0.15) is 4.90 Å². The van der Waals surface area contributed by atoms with Gasteiger partial charge in [-0.3, -0.25) is 4.79 Å². The number of hydrogen-bond acceptors (Lipinski definition) is 3. The van der Waals surface area contributed by atoms with E-state index in [4.69, 9.17) is 0 Å². The van der Waals surface area contributed by atoms with Crippen LogP contribution < -0.4 is 10.2 Å². The molecule has 0 bridgehead atoms. The van der Waals surface area contributed by atoms with Crippen LogP contribution in [-0.2, 0) is 22.9 Å². The van der Waals surface area contributed by atoms with Crippen LogP contribution in [0.15, 0.2) is 52.4 Å². The molecule has 21 heavy (non-hydrogen) atoms. The molecule has 2 N–H and O–H groups in total. The quantitative estimate of drug-likeness (QED) is 0.894. The van der Waals surface area contributed by atoms with E-state index in [1.165, 1.54) is 29.6 Å². The van der Waals surface area contributed by atoms with Crippen molar-refractivity contribution in [3.63, 3.8) is 0 Å². The Kier molecular flexibility index (Phi) is 3.65. The van der Waals surface area contributed by atoms with Crippen LogP contribution in [0.5, 0.6) is 0 Å². The summed E-state index contributed by atoms with van der Waals surface area (Å²) in [5.41, 5.74) is 1.93. The molecule has 0 saturated heterocycles. The smallest absolute Gasteiger partial charge is 0.246 e. The summed E-state index contributed by atoms with van der Waals surface area (Å²) in [7, 11) is -3.79. The molecule has 6 heteroatoms. The van der Waals surface area contributed by atoms with Crippen LogP contribution >= 0.6 is 0 Å². The number of pyridine rings is 1. The van der Waals surface area contributed by atoms with E-state index in [0.29, 0.717) is 6.42 Å². The summed E-state index contributed by atoms with van der Waals surface area (Å²) in [6.07, 6.45) is 4.87. The number of nitrogens with one attached hydrogen (secondary N) is 2. The number of benzene rings is 1. The lowest BCUT2D eigenvalue weighted by Gasteiger charge is -2.25. The fourth-order valence-corrected chi connectivity index (χ4v) is 4.02. The van der Waals surface area contributed by atoms with Crippen molar-refractivity contribution >= 4 is 10.0 Å². The third-order valence-electron chi connectivity index (χ3n) is 3.75. The topological polar surface area (TPSA) is 79.0 Å². The van der Waals surface area contributed by atoms with Crippen LogP contribution in [0.3, 0.4) is 0 Å². The Morgan fingerprint density at radius 2 is 1.90 bits per heavy atom. The SMILES string of the molecule is O=c1cc[nH]cc1S(=O)(=O)NC1CCc2ccccc2C1. The molecule has 0 saturated carbocycles. The van der Waals surface area contributed by atoms with E-state index < -0.39 is 15.5 Å². The lowest BCUT2D eigenvalue weighted by molar-refractivity contribution is 0.507. The van der Waals surface area contributed by atoms with Gasteiger partial charge in [0, 0.05) is 24.5 Å². The zero-order valence-electron chi connectivity index (χ0n) is 11.4. The minimum Gasteiger partial charge on any atom is -0.366 e. The number of aromatic nitrogens is 1. The summed E-state index contributed by atoms with van der Waals surface area (Å²) in [6, 6.07) is 9.08. The largest absolute Gasteiger partial charge is 0.366 e. The van der Waals surface area contributed by atoms with Gasteiger partial charge < -0.3 is 4.98 Å². The number of hydrogen-bond donors (Lipinski definition) is 2. The van der Waals surface area contributed by atoms with E-state index >= 15 is 0 Å². The number of rotatable bonds is 3. The highest BCUT2D eigenvalue weighted by atomic mass is 32.2. The van der Waals surface area contributed by atoms with Gasteiger partial charge in [0.2, 0.25) is 15.5 Å². The minimum atomic E-state index is -3.79. The van der Waals surface area contributed by atoms with E-state index in [1.54, 1.807) is 0 Å². The van der Waals surface area contributed by atoms with Crippen molar-refractivity contribution in [3.05, 3.63) is 64.1 Å². The van der Waals surface area contributed by atoms with Gasteiger partial charge >= 0.3 is 0 Å². The van der Waals surface area contributed by atoms with Gasteiger partial charge in [0.25, 0.3) is 0 Å². The maximum atomic E-state index is 12.3. The average molecular weight is 304 g/mol. The number of fused-ring (bicyclic) bond motifs is 1. The Balaban J connectivity index is 1.82. The first-order chi connectivity index (χ1) is 10.1. The molecule has 2 aromatic rings. The summed E-state index contributed by atoms with van der Waals surface area (Å²) in [5.74, 6) is 0. The van der Waals surface area contributed by atoms with Crippen molar-refractivity contribution in [3.8, 4) is 0 Å². The molecule has 1 aromatic carbocycles. The van der Waals surface area contributed by atoms with E-state index in [1.807, 2.05) is 18.2 Å². The normalized spacial score (nSPS) is 18.2. The van der Waals surface area contributed by atoms with Crippen LogP contribution in [0.1, 0.15) is 17.5 Å². The molecule has 1 heterocycles. The molecular formula is C15H16N2O3S. The first kappa shape index (κ1) is 14.0. The second kappa shape index (κ2) is 5.46. The van der Waals surface area contributed by atoms with E-state index in [0.717, 1.165) is 12.8 Å². The van der Waals surface area contributed by atoms with Crippen LogP contribution in [0.25, 0.3) is 0 Å². The molecule has 1 aliphatic carbocycles. The Hall–Kier alpha value is -1.92. The molecule has 1 unspecified atom stereocenters. The molecule has 0 radical (unpaired) electrons. The highest BCUT2D eigenvalue weighted by molar-refractivity contribution is 7.89. The molecule has 5 nitrogen and oxygen atoms in total. The average Bonchev–Trinajstić information content (AvgIpc) is 2.47. The van der Waals surface area contributed by atoms with Gasteiger partial charge in [-0.2, -0.15) is 0 Å². The van der Waals surface area contributed by atoms with Gasteiger partial charge in [-0.1, -0.05) is 24.3 Å². The predicted octanol–water partition coefficient (Wildman–Crippen LogP) is 1.21. The fourth-order valence-electron chi connectivity index (χ4n) is 2.69. The zero-order valence-corrected chi connectivity index (χ0v) is 12.2. The lowest BCUT2D eigenvalue weighted by Crippen LogP contribution is -2.40. The molecule has 0 amide bonds. The van der Waals surface area contributed by atoms with Crippen molar-refractivity contribution in [2.45, 2.75) is 30.2 Å². The second-order valence-electron chi connectivity index (χ2n) is 5.20. The van der Waals surface area contributed by atoms with Crippen LogP contribution in [0, 0.1) is 0 Å². The molecule has 0 fully saturated rings. The van der Waals surface area contributed by atoms with Crippen molar-refractivity contribution < 1.29 is 8.42 Å². The number of sulfonamides is 1. The third kappa shape index (κ3) is 2.91. The summed E-state index contributed by atoms with van der Waals surface area (Å²) in [4.78, 5) is 14.1. The molecule has 3 rings (SSSR count). The number of H-pyrrole nitrogens is 1. The standard InChI is InChI=1S/C15H16N2O3S/c18-14-7-8-16-10-15(14)21(19,20)17-13-6-5-11-3-1-2-4-12(11)9-13/h1-4,7-8,10,13,17H,5-6,9H2,(H,16,18). The Morgan fingerprint density at radius 3 is 2.67 bits per heavy atom.